The minimum atomic E-state index is 0.770. The lowest BCUT2D eigenvalue weighted by molar-refractivity contribution is 0.215. The molecule has 0 amide bonds. The highest BCUT2D eigenvalue weighted by Gasteiger charge is 2.07. The second-order valence-electron chi connectivity index (χ2n) is 5.31. The van der Waals surface area contributed by atoms with Gasteiger partial charge in [0.2, 0.25) is 0 Å². The minimum Gasteiger partial charge on any atom is -0.320 e. The van der Waals surface area contributed by atoms with Crippen LogP contribution in [-0.4, -0.2) is 63.7 Å². The lowest BCUT2D eigenvalue weighted by Gasteiger charge is -2.25. The number of likely N-dealkylation sites (N-methyl/N-ethyl adjacent to an activating group) is 1. The number of nitrogens with one attached hydrogen (secondary N) is 1. The third-order valence-corrected chi connectivity index (χ3v) is 2.64. The summed E-state index contributed by atoms with van der Waals surface area (Å²) in [4.78, 5) is 4.86. The monoisotopic (exact) mass is 229 g/mol. The summed E-state index contributed by atoms with van der Waals surface area (Å²) >= 11 is 0. The maximum absolute atomic E-state index is 3.21. The van der Waals surface area contributed by atoms with Crippen LogP contribution in [-0.2, 0) is 0 Å². The average molecular weight is 229 g/mol. The molecule has 0 aromatic carbocycles. The minimum absolute atomic E-state index is 0.770. The molecule has 0 aliphatic heterocycles. The van der Waals surface area contributed by atoms with E-state index in [0.29, 0.717) is 0 Å². The van der Waals surface area contributed by atoms with Crippen molar-refractivity contribution in [2.24, 2.45) is 5.92 Å². The fourth-order valence-electron chi connectivity index (χ4n) is 1.79. The van der Waals surface area contributed by atoms with Gasteiger partial charge >= 0.3 is 0 Å². The van der Waals surface area contributed by atoms with Gasteiger partial charge in [0, 0.05) is 19.6 Å². The van der Waals surface area contributed by atoms with Crippen molar-refractivity contribution in [2.75, 3.05) is 53.9 Å². The van der Waals surface area contributed by atoms with Gasteiger partial charge in [0.05, 0.1) is 0 Å². The molecule has 0 rings (SSSR count). The first kappa shape index (κ1) is 15.9. The van der Waals surface area contributed by atoms with Gasteiger partial charge in [-0.15, -0.1) is 0 Å². The molecule has 0 heterocycles. The van der Waals surface area contributed by atoms with Crippen LogP contribution in [0.3, 0.4) is 0 Å². The topological polar surface area (TPSA) is 18.5 Å². The summed E-state index contributed by atoms with van der Waals surface area (Å²) in [5.41, 5.74) is 0. The summed E-state index contributed by atoms with van der Waals surface area (Å²) in [7, 11) is 6.32. The third-order valence-electron chi connectivity index (χ3n) is 2.64. The lowest BCUT2D eigenvalue weighted by atomic mass is 10.2. The quantitative estimate of drug-likeness (QED) is 0.573. The second kappa shape index (κ2) is 10.1. The van der Waals surface area contributed by atoms with Crippen LogP contribution in [0.1, 0.15) is 26.7 Å². The molecular formula is C13H31N3. The van der Waals surface area contributed by atoms with Crippen LogP contribution in [0.2, 0.25) is 0 Å². The van der Waals surface area contributed by atoms with Crippen LogP contribution in [0, 0.1) is 5.92 Å². The van der Waals surface area contributed by atoms with Gasteiger partial charge in [0.15, 0.2) is 0 Å². The first-order valence-corrected chi connectivity index (χ1v) is 6.58. The van der Waals surface area contributed by atoms with Gasteiger partial charge in [0.25, 0.3) is 0 Å². The molecule has 0 radical (unpaired) electrons. The predicted molar refractivity (Wildman–Crippen MR) is 73.0 cm³/mol. The molecule has 0 spiro atoms. The van der Waals surface area contributed by atoms with Gasteiger partial charge in [-0.1, -0.05) is 13.8 Å². The van der Waals surface area contributed by atoms with Crippen molar-refractivity contribution in [1.29, 1.82) is 0 Å². The van der Waals surface area contributed by atoms with Gasteiger partial charge in [-0.3, -0.25) is 0 Å². The number of hydrogen-bond acceptors (Lipinski definition) is 3. The Labute approximate surface area is 102 Å². The molecular weight excluding hydrogens is 198 g/mol. The van der Waals surface area contributed by atoms with Crippen LogP contribution in [0.15, 0.2) is 0 Å². The molecule has 0 saturated carbocycles. The molecule has 0 bridgehead atoms. The SMILES string of the molecule is CNCCCCN(CCN(C)C)CC(C)C. The maximum atomic E-state index is 3.21. The molecule has 0 aromatic rings. The Balaban J connectivity index is 3.72. The van der Waals surface area contributed by atoms with Crippen molar-refractivity contribution in [3.05, 3.63) is 0 Å². The highest BCUT2D eigenvalue weighted by Crippen LogP contribution is 2.01. The molecule has 3 nitrogen and oxygen atoms in total. The van der Waals surface area contributed by atoms with Crippen molar-refractivity contribution in [3.63, 3.8) is 0 Å². The van der Waals surface area contributed by atoms with E-state index in [1.165, 1.54) is 39.0 Å². The van der Waals surface area contributed by atoms with Crippen LogP contribution in [0.5, 0.6) is 0 Å². The van der Waals surface area contributed by atoms with Gasteiger partial charge in [-0.2, -0.15) is 0 Å². The van der Waals surface area contributed by atoms with Gasteiger partial charge < -0.3 is 15.1 Å². The lowest BCUT2D eigenvalue weighted by Crippen LogP contribution is -2.35. The fourth-order valence-corrected chi connectivity index (χ4v) is 1.79. The highest BCUT2D eigenvalue weighted by molar-refractivity contribution is 4.62. The summed E-state index contributed by atoms with van der Waals surface area (Å²) in [6.07, 6.45) is 2.59. The van der Waals surface area contributed by atoms with E-state index in [1.54, 1.807) is 0 Å². The molecule has 0 aromatic heterocycles. The van der Waals surface area contributed by atoms with Crippen molar-refractivity contribution >= 4 is 0 Å². The number of unbranched alkanes of at least 4 members (excludes halogenated alkanes) is 1. The smallest absolute Gasteiger partial charge is 0.0109 e. The molecule has 0 atom stereocenters. The zero-order valence-corrected chi connectivity index (χ0v) is 11.9. The first-order valence-electron chi connectivity index (χ1n) is 6.58. The highest BCUT2D eigenvalue weighted by atomic mass is 15.2. The maximum Gasteiger partial charge on any atom is 0.0109 e. The van der Waals surface area contributed by atoms with E-state index in [2.05, 4.69) is 43.1 Å². The third kappa shape index (κ3) is 10.4. The summed E-state index contributed by atoms with van der Waals surface area (Å²) in [5.74, 6) is 0.770. The number of rotatable bonds is 10. The first-order chi connectivity index (χ1) is 7.56. The van der Waals surface area contributed by atoms with Crippen LogP contribution in [0.25, 0.3) is 0 Å². The number of hydrogen-bond donors (Lipinski definition) is 1. The van der Waals surface area contributed by atoms with Crippen molar-refractivity contribution in [3.8, 4) is 0 Å². The van der Waals surface area contributed by atoms with Crippen LogP contribution in [0.4, 0.5) is 0 Å². The summed E-state index contributed by atoms with van der Waals surface area (Å²) in [5, 5.41) is 3.21. The van der Waals surface area contributed by atoms with E-state index in [1.807, 2.05) is 7.05 Å². The number of nitrogens with zero attached hydrogens (tertiary/aromatic N) is 2. The van der Waals surface area contributed by atoms with E-state index >= 15 is 0 Å². The molecule has 3 heteroatoms. The Hall–Kier alpha value is -0.120. The second-order valence-corrected chi connectivity index (χ2v) is 5.31. The molecule has 0 saturated heterocycles. The van der Waals surface area contributed by atoms with E-state index in [-0.39, 0.29) is 0 Å². The zero-order valence-electron chi connectivity index (χ0n) is 11.9. The largest absolute Gasteiger partial charge is 0.320 e. The Morgan fingerprint density at radius 1 is 1.00 bits per heavy atom. The van der Waals surface area contributed by atoms with Crippen molar-refractivity contribution in [2.45, 2.75) is 26.7 Å². The van der Waals surface area contributed by atoms with Gasteiger partial charge in [-0.05, 0) is 53.0 Å². The van der Waals surface area contributed by atoms with Crippen molar-refractivity contribution < 1.29 is 0 Å². The predicted octanol–water partition coefficient (Wildman–Crippen LogP) is 1.51. The van der Waals surface area contributed by atoms with E-state index < -0.39 is 0 Å². The zero-order chi connectivity index (χ0) is 12.4. The molecule has 0 fully saturated rings. The van der Waals surface area contributed by atoms with Crippen LogP contribution >= 0.6 is 0 Å². The van der Waals surface area contributed by atoms with Gasteiger partial charge in [-0.25, -0.2) is 0 Å². The molecule has 0 unspecified atom stereocenters. The summed E-state index contributed by atoms with van der Waals surface area (Å²) < 4.78 is 0. The van der Waals surface area contributed by atoms with Crippen LogP contribution < -0.4 is 5.32 Å². The molecule has 98 valence electrons. The Morgan fingerprint density at radius 3 is 2.19 bits per heavy atom. The van der Waals surface area contributed by atoms with E-state index in [4.69, 9.17) is 0 Å². The fraction of sp³-hybridized carbons (Fsp3) is 1.00. The standard InChI is InChI=1S/C13H31N3/c1-13(2)12-16(11-10-15(4)5)9-7-6-8-14-3/h13-14H,6-12H2,1-5H3. The summed E-state index contributed by atoms with van der Waals surface area (Å²) in [6.45, 7) is 10.6. The molecule has 0 aliphatic rings. The average Bonchev–Trinajstić information content (AvgIpc) is 2.19. The summed E-state index contributed by atoms with van der Waals surface area (Å²) in [6, 6.07) is 0. The Bertz CT molecular complexity index is 146. The van der Waals surface area contributed by atoms with Crippen molar-refractivity contribution in [1.82, 2.24) is 15.1 Å². The van der Waals surface area contributed by atoms with Gasteiger partial charge in [0.1, 0.15) is 0 Å². The Kier molecular flexibility index (Phi) is 9.99. The van der Waals surface area contributed by atoms with E-state index in [0.717, 1.165) is 12.5 Å². The van der Waals surface area contributed by atoms with E-state index in [9.17, 15) is 0 Å². The normalized spacial score (nSPS) is 12.0. The molecule has 1 N–H and O–H groups in total. The molecule has 0 aliphatic carbocycles. The Morgan fingerprint density at radius 2 is 1.69 bits per heavy atom. The molecule has 16 heavy (non-hydrogen) atoms.